The van der Waals surface area contributed by atoms with E-state index >= 15 is 0 Å². The lowest BCUT2D eigenvalue weighted by atomic mass is 9.85. The minimum Gasteiger partial charge on any atom is -0.598 e. The number of piperidine rings is 1. The van der Waals surface area contributed by atoms with Crippen molar-refractivity contribution in [2.24, 2.45) is 5.92 Å². The standard InChI is InChI=1S/C19H27Cl2N3O5S/c1-19(2,3)30(29)23-17(12-8-13(20)14(21)9-15(12)25)11-4-6-24(7-5-11)16(26)10-22-18(27)28/h8-9,11,17,22-23,25H,4-7,10H2,1-3H3,(H,27,28)/t17?,30-/m0/s1. The molecule has 0 bridgehead atoms. The number of rotatable bonds is 6. The second-order valence-corrected chi connectivity index (χ2v) is 11.0. The van der Waals surface area contributed by atoms with Crippen LogP contribution in [0.1, 0.15) is 45.2 Å². The first-order valence-electron chi connectivity index (χ1n) is 9.50. The quantitative estimate of drug-likeness (QED) is 0.463. The van der Waals surface area contributed by atoms with Crippen LogP contribution in [0.4, 0.5) is 4.79 Å². The number of halogens is 2. The second kappa shape index (κ2) is 10.3. The molecule has 168 valence electrons. The van der Waals surface area contributed by atoms with Gasteiger partial charge in [0.2, 0.25) is 5.91 Å². The molecule has 0 radical (unpaired) electrons. The number of phenols is 1. The fourth-order valence-electron chi connectivity index (χ4n) is 3.25. The predicted octanol–water partition coefficient (Wildman–Crippen LogP) is 3.30. The van der Waals surface area contributed by atoms with Gasteiger partial charge < -0.3 is 25.0 Å². The van der Waals surface area contributed by atoms with Gasteiger partial charge in [-0.1, -0.05) is 23.2 Å². The molecule has 1 aliphatic rings. The van der Waals surface area contributed by atoms with E-state index in [0.717, 1.165) is 0 Å². The average molecular weight is 480 g/mol. The number of amides is 2. The first-order chi connectivity index (χ1) is 13.9. The van der Waals surface area contributed by atoms with Crippen LogP contribution >= 0.6 is 23.2 Å². The number of nitrogens with one attached hydrogen (secondary N) is 2. The molecule has 1 aromatic rings. The third kappa shape index (κ3) is 6.55. The number of nitrogens with zero attached hydrogens (tertiary/aromatic N) is 1. The Hall–Kier alpha value is -1.39. The van der Waals surface area contributed by atoms with Crippen molar-refractivity contribution in [3.05, 3.63) is 27.7 Å². The molecule has 1 aromatic carbocycles. The van der Waals surface area contributed by atoms with E-state index in [9.17, 15) is 19.2 Å². The molecule has 1 heterocycles. The summed E-state index contributed by atoms with van der Waals surface area (Å²) in [5.74, 6) is -0.371. The molecule has 0 aliphatic carbocycles. The summed E-state index contributed by atoms with van der Waals surface area (Å²) in [6.07, 6.45) is -0.0862. The summed E-state index contributed by atoms with van der Waals surface area (Å²) in [6.45, 7) is 6.11. The van der Waals surface area contributed by atoms with E-state index in [4.69, 9.17) is 28.3 Å². The van der Waals surface area contributed by atoms with Crippen molar-refractivity contribution < 1.29 is 24.4 Å². The normalized spacial score (nSPS) is 17.5. The number of hydrogen-bond donors (Lipinski definition) is 4. The van der Waals surface area contributed by atoms with Crippen molar-refractivity contribution in [1.29, 1.82) is 0 Å². The third-order valence-corrected chi connectivity index (χ3v) is 7.25. The number of carboxylic acid groups (broad SMARTS) is 1. The van der Waals surface area contributed by atoms with Crippen molar-refractivity contribution in [2.75, 3.05) is 19.6 Å². The van der Waals surface area contributed by atoms with E-state index in [1.165, 1.54) is 6.07 Å². The lowest BCUT2D eigenvalue weighted by Gasteiger charge is -2.38. The first-order valence-corrected chi connectivity index (χ1v) is 11.4. The molecule has 1 aliphatic heterocycles. The minimum absolute atomic E-state index is 0.0316. The number of benzene rings is 1. The number of carbonyl (C=O) groups excluding carboxylic acids is 1. The fraction of sp³-hybridized carbons (Fsp3) is 0.579. The minimum atomic E-state index is -1.41. The molecule has 0 aromatic heterocycles. The molecule has 2 rings (SSSR count). The van der Waals surface area contributed by atoms with Crippen LogP contribution < -0.4 is 10.0 Å². The Morgan fingerprint density at radius 3 is 2.37 bits per heavy atom. The van der Waals surface area contributed by atoms with E-state index in [1.54, 1.807) is 11.0 Å². The number of hydrogen-bond acceptors (Lipinski definition) is 5. The summed E-state index contributed by atoms with van der Waals surface area (Å²) >= 11 is 10.8. The molecule has 1 saturated heterocycles. The maximum atomic E-state index is 12.8. The maximum Gasteiger partial charge on any atom is 0.405 e. The Morgan fingerprint density at radius 2 is 1.83 bits per heavy atom. The summed E-state index contributed by atoms with van der Waals surface area (Å²) in [5, 5.41) is 21.7. The van der Waals surface area contributed by atoms with E-state index in [-0.39, 0.29) is 34.2 Å². The van der Waals surface area contributed by atoms with Crippen LogP contribution in [-0.2, 0) is 16.2 Å². The Morgan fingerprint density at radius 1 is 1.27 bits per heavy atom. The van der Waals surface area contributed by atoms with Gasteiger partial charge in [0.15, 0.2) is 0 Å². The van der Waals surface area contributed by atoms with Gasteiger partial charge in [0.25, 0.3) is 0 Å². The third-order valence-electron chi connectivity index (χ3n) is 4.95. The Kier molecular flexibility index (Phi) is 8.52. The Balaban J connectivity index is 2.19. The topological polar surface area (TPSA) is 125 Å². The van der Waals surface area contributed by atoms with Crippen LogP contribution in [0.25, 0.3) is 0 Å². The van der Waals surface area contributed by atoms with E-state index in [1.807, 2.05) is 20.8 Å². The van der Waals surface area contributed by atoms with Crippen molar-refractivity contribution in [3.63, 3.8) is 0 Å². The van der Waals surface area contributed by atoms with Crippen molar-refractivity contribution in [2.45, 2.75) is 44.4 Å². The second-order valence-electron chi connectivity index (χ2n) is 8.18. The summed E-state index contributed by atoms with van der Waals surface area (Å²) in [7, 11) is 0. The van der Waals surface area contributed by atoms with Gasteiger partial charge in [-0.25, -0.2) is 4.79 Å². The van der Waals surface area contributed by atoms with Gasteiger partial charge in [-0.3, -0.25) is 4.79 Å². The van der Waals surface area contributed by atoms with Gasteiger partial charge in [0.1, 0.15) is 17.0 Å². The smallest absolute Gasteiger partial charge is 0.405 e. The number of likely N-dealkylation sites (tertiary alicyclic amines) is 1. The molecular weight excluding hydrogens is 453 g/mol. The average Bonchev–Trinajstić information content (AvgIpc) is 2.66. The van der Waals surface area contributed by atoms with Crippen LogP contribution in [0, 0.1) is 5.92 Å². The van der Waals surface area contributed by atoms with E-state index < -0.39 is 28.2 Å². The van der Waals surface area contributed by atoms with Crippen LogP contribution in [0.5, 0.6) is 5.75 Å². The molecule has 0 spiro atoms. The lowest BCUT2D eigenvalue weighted by molar-refractivity contribution is -0.131. The van der Waals surface area contributed by atoms with Crippen LogP contribution in [-0.4, -0.2) is 56.0 Å². The molecule has 2 amide bonds. The van der Waals surface area contributed by atoms with Gasteiger partial charge >= 0.3 is 6.09 Å². The lowest BCUT2D eigenvalue weighted by Crippen LogP contribution is -2.48. The zero-order chi connectivity index (χ0) is 22.6. The molecule has 11 heteroatoms. The summed E-state index contributed by atoms with van der Waals surface area (Å²) in [5.41, 5.74) is 0.499. The molecule has 8 nitrogen and oxygen atoms in total. The van der Waals surface area contributed by atoms with E-state index in [0.29, 0.717) is 31.5 Å². The Bertz CT molecular complexity index is 782. The molecule has 30 heavy (non-hydrogen) atoms. The fourth-order valence-corrected chi connectivity index (χ4v) is 4.49. The van der Waals surface area contributed by atoms with Crippen molar-refractivity contribution in [1.82, 2.24) is 14.9 Å². The monoisotopic (exact) mass is 479 g/mol. The maximum absolute atomic E-state index is 12.8. The largest absolute Gasteiger partial charge is 0.598 e. The van der Waals surface area contributed by atoms with Crippen molar-refractivity contribution >= 4 is 46.6 Å². The number of phenolic OH excluding ortho intramolecular Hbond substituents is 1. The van der Waals surface area contributed by atoms with Crippen LogP contribution in [0.3, 0.4) is 0 Å². The number of aromatic hydroxyl groups is 1. The van der Waals surface area contributed by atoms with Gasteiger partial charge in [0.05, 0.1) is 16.1 Å². The molecule has 2 atom stereocenters. The highest BCUT2D eigenvalue weighted by atomic mass is 35.5. The van der Waals surface area contributed by atoms with E-state index in [2.05, 4.69) is 10.0 Å². The Labute approximate surface area is 189 Å². The number of carbonyl (C=O) groups is 2. The molecule has 0 saturated carbocycles. The highest BCUT2D eigenvalue weighted by Gasteiger charge is 2.37. The highest BCUT2D eigenvalue weighted by Crippen LogP contribution is 2.40. The highest BCUT2D eigenvalue weighted by molar-refractivity contribution is 7.90. The van der Waals surface area contributed by atoms with Gasteiger partial charge in [0, 0.05) is 36.1 Å². The molecular formula is C19H27Cl2N3O5S. The van der Waals surface area contributed by atoms with Crippen molar-refractivity contribution in [3.8, 4) is 5.75 Å². The predicted molar refractivity (Wildman–Crippen MR) is 117 cm³/mol. The van der Waals surface area contributed by atoms with Crippen LogP contribution in [0.2, 0.25) is 10.0 Å². The van der Waals surface area contributed by atoms with Gasteiger partial charge in [-0.05, 0) is 45.6 Å². The summed E-state index contributed by atoms with van der Waals surface area (Å²) < 4.78 is 15.4. The molecule has 1 unspecified atom stereocenters. The SMILES string of the molecule is CC(C)(C)[S@+]([O-])NC(c1cc(Cl)c(Cl)cc1O)C1CCN(C(=O)CNC(=O)O)CC1. The molecule has 1 fully saturated rings. The zero-order valence-electron chi connectivity index (χ0n) is 17.1. The van der Waals surface area contributed by atoms with Gasteiger partial charge in [-0.2, -0.15) is 0 Å². The van der Waals surface area contributed by atoms with Crippen LogP contribution in [0.15, 0.2) is 12.1 Å². The summed E-state index contributed by atoms with van der Waals surface area (Å²) in [4.78, 5) is 24.3. The van der Waals surface area contributed by atoms with Gasteiger partial charge in [-0.15, -0.1) is 4.72 Å². The molecule has 4 N–H and O–H groups in total. The first kappa shape index (κ1) is 24.9. The zero-order valence-corrected chi connectivity index (χ0v) is 19.4. The summed E-state index contributed by atoms with van der Waals surface area (Å²) in [6, 6.07) is 2.48.